The predicted molar refractivity (Wildman–Crippen MR) is 79.7 cm³/mol. The molecule has 0 amide bonds. The Hall–Kier alpha value is -1.79. The second-order valence-corrected chi connectivity index (χ2v) is 5.14. The van der Waals surface area contributed by atoms with E-state index in [2.05, 4.69) is 16.8 Å². The first-order valence-electron chi connectivity index (χ1n) is 7.13. The third-order valence-electron chi connectivity index (χ3n) is 3.79. The maximum Gasteiger partial charge on any atom is 0.305 e. The first-order valence-corrected chi connectivity index (χ1v) is 7.13. The molecule has 21 heavy (non-hydrogen) atoms. The van der Waals surface area contributed by atoms with Crippen molar-refractivity contribution in [3.05, 3.63) is 52.3 Å². The maximum absolute atomic E-state index is 13.5. The highest BCUT2D eigenvalue weighted by atomic mass is 19.1. The summed E-state index contributed by atoms with van der Waals surface area (Å²) in [7, 11) is 0. The summed E-state index contributed by atoms with van der Waals surface area (Å²) in [4.78, 5) is 12.5. The van der Waals surface area contributed by atoms with E-state index in [4.69, 9.17) is 0 Å². The Bertz CT molecular complexity index is 516. The van der Waals surface area contributed by atoms with Crippen LogP contribution in [0.15, 0.2) is 30.9 Å². The second kappa shape index (κ2) is 7.28. The molecule has 2 rings (SSSR count). The standard InChI is InChI=1S/C15H20FN3O2/c1-2-3-4-14(18-9-7-17-8-10-18)12-5-6-13(16)15(11-12)19(20)21/h2,5-6,11,14,17H,1,3-4,7-10H2/t14-/m0/s1. The number of nitrogens with one attached hydrogen (secondary N) is 1. The van der Waals surface area contributed by atoms with Crippen molar-refractivity contribution >= 4 is 5.69 Å². The van der Waals surface area contributed by atoms with Crippen LogP contribution < -0.4 is 5.32 Å². The summed E-state index contributed by atoms with van der Waals surface area (Å²) in [5, 5.41) is 14.2. The highest BCUT2D eigenvalue weighted by Gasteiger charge is 2.24. The topological polar surface area (TPSA) is 58.4 Å². The summed E-state index contributed by atoms with van der Waals surface area (Å²) in [6.07, 6.45) is 3.49. The van der Waals surface area contributed by atoms with Crippen molar-refractivity contribution in [3.63, 3.8) is 0 Å². The van der Waals surface area contributed by atoms with E-state index in [1.165, 1.54) is 12.1 Å². The van der Waals surface area contributed by atoms with E-state index in [1.807, 2.05) is 6.08 Å². The van der Waals surface area contributed by atoms with E-state index in [9.17, 15) is 14.5 Å². The number of benzene rings is 1. The lowest BCUT2D eigenvalue weighted by atomic mass is 9.98. The Balaban J connectivity index is 2.28. The van der Waals surface area contributed by atoms with Gasteiger partial charge in [0.25, 0.3) is 0 Å². The molecule has 0 radical (unpaired) electrons. The number of nitro groups is 1. The van der Waals surface area contributed by atoms with Gasteiger partial charge in [-0.25, -0.2) is 0 Å². The van der Waals surface area contributed by atoms with Crippen LogP contribution in [0.1, 0.15) is 24.4 Å². The molecule has 0 unspecified atom stereocenters. The molecule has 114 valence electrons. The molecule has 1 aromatic rings. The van der Waals surface area contributed by atoms with Crippen molar-refractivity contribution < 1.29 is 9.31 Å². The average molecular weight is 293 g/mol. The molecule has 0 aliphatic carbocycles. The molecule has 1 saturated heterocycles. The Kier molecular flexibility index (Phi) is 5.41. The Morgan fingerprint density at radius 1 is 1.48 bits per heavy atom. The van der Waals surface area contributed by atoms with Crippen molar-refractivity contribution in [3.8, 4) is 0 Å². The van der Waals surface area contributed by atoms with Gasteiger partial charge in [0.1, 0.15) is 0 Å². The molecule has 0 spiro atoms. The molecule has 1 fully saturated rings. The van der Waals surface area contributed by atoms with Gasteiger partial charge in [-0.15, -0.1) is 6.58 Å². The van der Waals surface area contributed by atoms with Crippen LogP contribution in [0.5, 0.6) is 0 Å². The number of piperazine rings is 1. The molecule has 1 aliphatic rings. The van der Waals surface area contributed by atoms with Crippen molar-refractivity contribution in [2.45, 2.75) is 18.9 Å². The van der Waals surface area contributed by atoms with E-state index in [0.717, 1.165) is 44.6 Å². The number of hydrogen-bond donors (Lipinski definition) is 1. The number of allylic oxidation sites excluding steroid dienone is 1. The number of hydrogen-bond acceptors (Lipinski definition) is 4. The Morgan fingerprint density at radius 2 is 2.19 bits per heavy atom. The molecule has 1 atom stereocenters. The fraction of sp³-hybridized carbons (Fsp3) is 0.467. The molecule has 0 aromatic heterocycles. The summed E-state index contributed by atoms with van der Waals surface area (Å²) in [5.41, 5.74) is 0.345. The van der Waals surface area contributed by atoms with Crippen LogP contribution in [0.4, 0.5) is 10.1 Å². The van der Waals surface area contributed by atoms with Crippen molar-refractivity contribution in [1.29, 1.82) is 0 Å². The van der Waals surface area contributed by atoms with Gasteiger partial charge in [-0.2, -0.15) is 4.39 Å². The van der Waals surface area contributed by atoms with E-state index >= 15 is 0 Å². The van der Waals surface area contributed by atoms with Crippen LogP contribution in [-0.4, -0.2) is 36.0 Å². The maximum atomic E-state index is 13.5. The van der Waals surface area contributed by atoms with Crippen molar-refractivity contribution in [1.82, 2.24) is 10.2 Å². The van der Waals surface area contributed by atoms with Gasteiger partial charge in [0.05, 0.1) is 4.92 Å². The van der Waals surface area contributed by atoms with Gasteiger partial charge in [-0.05, 0) is 24.5 Å². The van der Waals surface area contributed by atoms with Gasteiger partial charge in [0.15, 0.2) is 0 Å². The van der Waals surface area contributed by atoms with Crippen LogP contribution in [0, 0.1) is 15.9 Å². The lowest BCUT2D eigenvalue weighted by Crippen LogP contribution is -2.45. The van der Waals surface area contributed by atoms with E-state index in [-0.39, 0.29) is 6.04 Å². The first kappa shape index (κ1) is 15.6. The van der Waals surface area contributed by atoms with Gasteiger partial charge in [0, 0.05) is 38.3 Å². The van der Waals surface area contributed by atoms with Crippen molar-refractivity contribution in [2.75, 3.05) is 26.2 Å². The van der Waals surface area contributed by atoms with Crippen LogP contribution in [0.25, 0.3) is 0 Å². The van der Waals surface area contributed by atoms with Crippen LogP contribution in [0.3, 0.4) is 0 Å². The number of nitro benzene ring substituents is 1. The van der Waals surface area contributed by atoms with Gasteiger partial charge < -0.3 is 5.32 Å². The van der Waals surface area contributed by atoms with E-state index in [1.54, 1.807) is 6.07 Å². The smallest absolute Gasteiger partial charge is 0.305 e. The van der Waals surface area contributed by atoms with Crippen LogP contribution in [-0.2, 0) is 0 Å². The average Bonchev–Trinajstić information content (AvgIpc) is 2.50. The lowest BCUT2D eigenvalue weighted by molar-refractivity contribution is -0.387. The Labute approximate surface area is 123 Å². The summed E-state index contributed by atoms with van der Waals surface area (Å²) < 4.78 is 13.5. The number of halogens is 1. The summed E-state index contributed by atoms with van der Waals surface area (Å²) in [6, 6.07) is 4.27. The zero-order chi connectivity index (χ0) is 15.2. The largest absolute Gasteiger partial charge is 0.314 e. The highest BCUT2D eigenvalue weighted by molar-refractivity contribution is 5.37. The minimum Gasteiger partial charge on any atom is -0.314 e. The van der Waals surface area contributed by atoms with Gasteiger partial charge in [-0.3, -0.25) is 15.0 Å². The molecule has 1 heterocycles. The first-order chi connectivity index (χ1) is 10.1. The summed E-state index contributed by atoms with van der Waals surface area (Å²) >= 11 is 0. The van der Waals surface area contributed by atoms with E-state index < -0.39 is 16.4 Å². The lowest BCUT2D eigenvalue weighted by Gasteiger charge is -2.35. The summed E-state index contributed by atoms with van der Waals surface area (Å²) in [6.45, 7) is 7.29. The van der Waals surface area contributed by atoms with Crippen molar-refractivity contribution in [2.24, 2.45) is 0 Å². The molecule has 1 aliphatic heterocycles. The molecular formula is C15H20FN3O2. The normalized spacial score (nSPS) is 17.4. The zero-order valence-corrected chi connectivity index (χ0v) is 11.9. The van der Waals surface area contributed by atoms with Gasteiger partial charge >= 0.3 is 5.69 Å². The molecule has 0 bridgehead atoms. The van der Waals surface area contributed by atoms with Crippen LogP contribution >= 0.6 is 0 Å². The van der Waals surface area contributed by atoms with E-state index in [0.29, 0.717) is 0 Å². The third kappa shape index (κ3) is 3.86. The minimum atomic E-state index is -0.786. The monoisotopic (exact) mass is 293 g/mol. The van der Waals surface area contributed by atoms with Gasteiger partial charge in [-0.1, -0.05) is 12.1 Å². The van der Waals surface area contributed by atoms with Gasteiger partial charge in [0.2, 0.25) is 5.82 Å². The molecule has 1 N–H and O–H groups in total. The fourth-order valence-corrected chi connectivity index (χ4v) is 2.71. The van der Waals surface area contributed by atoms with Crippen LogP contribution in [0.2, 0.25) is 0 Å². The molecular weight excluding hydrogens is 273 g/mol. The molecule has 1 aromatic carbocycles. The Morgan fingerprint density at radius 3 is 2.81 bits per heavy atom. The fourth-order valence-electron chi connectivity index (χ4n) is 2.71. The minimum absolute atomic E-state index is 0.0596. The number of nitrogens with zero attached hydrogens (tertiary/aromatic N) is 2. The quantitative estimate of drug-likeness (QED) is 0.497. The third-order valence-corrected chi connectivity index (χ3v) is 3.79. The summed E-state index contributed by atoms with van der Waals surface area (Å²) in [5.74, 6) is -0.786. The second-order valence-electron chi connectivity index (χ2n) is 5.14. The number of rotatable bonds is 6. The molecule has 6 heteroatoms. The highest BCUT2D eigenvalue weighted by Crippen LogP contribution is 2.30. The molecule has 0 saturated carbocycles. The predicted octanol–water partition coefficient (Wildman–Crippen LogP) is 2.65. The molecule has 5 nitrogen and oxygen atoms in total. The SMILES string of the molecule is C=CCC[C@@H](c1ccc(F)c([N+](=O)[O-])c1)N1CCNCC1. The zero-order valence-electron chi connectivity index (χ0n) is 11.9.